The number of anilines is 1. The summed E-state index contributed by atoms with van der Waals surface area (Å²) in [5.41, 5.74) is 0.350. The number of hydrogen-bond acceptors (Lipinski definition) is 4. The van der Waals surface area contributed by atoms with Crippen LogP contribution in [0.15, 0.2) is 36.5 Å². The lowest BCUT2D eigenvalue weighted by atomic mass is 10.1. The first kappa shape index (κ1) is 18.7. The summed E-state index contributed by atoms with van der Waals surface area (Å²) in [5, 5.41) is 2.75. The fourth-order valence-electron chi connectivity index (χ4n) is 1.99. The Morgan fingerprint density at radius 2 is 1.84 bits per heavy atom. The van der Waals surface area contributed by atoms with Crippen LogP contribution < -0.4 is 5.32 Å². The fourth-order valence-corrected chi connectivity index (χ4v) is 1.99. The summed E-state index contributed by atoms with van der Waals surface area (Å²) in [5.74, 6) is -0.190. The Balaban J connectivity index is 2.02. The Hall–Kier alpha value is -2.64. The molecule has 0 saturated carbocycles. The van der Waals surface area contributed by atoms with Crippen molar-refractivity contribution in [1.29, 1.82) is 0 Å². The first-order chi connectivity index (χ1) is 11.7. The summed E-state index contributed by atoms with van der Waals surface area (Å²) in [7, 11) is 1.73. The lowest BCUT2D eigenvalue weighted by molar-refractivity contribution is -0.141. The summed E-state index contributed by atoms with van der Waals surface area (Å²) < 4.78 is 37.9. The molecule has 1 aromatic carbocycles. The van der Waals surface area contributed by atoms with Gasteiger partial charge in [-0.15, -0.1) is 0 Å². The van der Waals surface area contributed by atoms with Gasteiger partial charge in [0.2, 0.25) is 5.95 Å². The minimum atomic E-state index is -4.51. The van der Waals surface area contributed by atoms with Gasteiger partial charge < -0.3 is 10.2 Å². The Morgan fingerprint density at radius 3 is 2.40 bits per heavy atom. The average molecular weight is 352 g/mol. The molecular weight excluding hydrogens is 333 g/mol. The highest BCUT2D eigenvalue weighted by Crippen LogP contribution is 2.27. The molecule has 0 spiro atoms. The first-order valence-corrected chi connectivity index (χ1v) is 7.68. The fraction of sp³-hybridized carbons (Fsp3) is 0.353. The van der Waals surface area contributed by atoms with E-state index in [2.05, 4.69) is 15.3 Å². The van der Waals surface area contributed by atoms with Crippen LogP contribution in [-0.4, -0.2) is 33.9 Å². The molecule has 0 aliphatic carbocycles. The molecule has 0 saturated heterocycles. The second-order valence-electron chi connectivity index (χ2n) is 5.82. The monoisotopic (exact) mass is 352 g/mol. The number of carbonyl (C=O) groups excluding carboxylic acids is 1. The van der Waals surface area contributed by atoms with Crippen LogP contribution in [0.1, 0.15) is 35.5 Å². The van der Waals surface area contributed by atoms with Gasteiger partial charge in [-0.3, -0.25) is 4.79 Å². The maximum atomic E-state index is 12.6. The second kappa shape index (κ2) is 7.50. The highest BCUT2D eigenvalue weighted by Gasteiger charge is 2.32. The Bertz CT molecular complexity index is 729. The molecule has 2 rings (SSSR count). The number of carbonyl (C=O) groups is 1. The molecule has 0 aliphatic heterocycles. The molecule has 1 amide bonds. The van der Waals surface area contributed by atoms with E-state index >= 15 is 0 Å². The zero-order chi connectivity index (χ0) is 18.6. The summed E-state index contributed by atoms with van der Waals surface area (Å²) in [6, 6.07) is 7.75. The van der Waals surface area contributed by atoms with Crippen LogP contribution in [-0.2, 0) is 12.7 Å². The van der Waals surface area contributed by atoms with Crippen molar-refractivity contribution in [3.8, 4) is 0 Å². The van der Waals surface area contributed by atoms with Gasteiger partial charge in [-0.05, 0) is 37.6 Å². The van der Waals surface area contributed by atoms with Crippen LogP contribution in [0.2, 0.25) is 0 Å². The molecule has 1 aromatic heterocycles. The van der Waals surface area contributed by atoms with Crippen LogP contribution in [0.25, 0.3) is 0 Å². The van der Waals surface area contributed by atoms with Crippen molar-refractivity contribution in [2.75, 3.05) is 12.4 Å². The van der Waals surface area contributed by atoms with E-state index in [1.165, 1.54) is 0 Å². The zero-order valence-electron chi connectivity index (χ0n) is 14.1. The van der Waals surface area contributed by atoms with Gasteiger partial charge in [0.25, 0.3) is 5.91 Å². The maximum Gasteiger partial charge on any atom is 0.433 e. The number of hydrogen-bond donors (Lipinski definition) is 1. The summed E-state index contributed by atoms with van der Waals surface area (Å²) in [6.45, 7) is 4.09. The summed E-state index contributed by atoms with van der Waals surface area (Å²) >= 11 is 0. The molecule has 0 bridgehead atoms. The molecule has 0 atom stereocenters. The lowest BCUT2D eigenvalue weighted by Crippen LogP contribution is -2.32. The van der Waals surface area contributed by atoms with Crippen molar-refractivity contribution in [2.24, 2.45) is 0 Å². The molecular formula is C17H19F3N4O. The molecule has 0 fully saturated rings. The zero-order valence-corrected chi connectivity index (χ0v) is 14.1. The van der Waals surface area contributed by atoms with E-state index in [0.29, 0.717) is 5.56 Å². The quantitative estimate of drug-likeness (QED) is 0.893. The highest BCUT2D eigenvalue weighted by atomic mass is 19.4. The standard InChI is InChI=1S/C17H19F3N4O/c1-11(2)24(3)15(25)13-6-4-12(5-7-13)10-22-16-21-9-8-14(23-16)17(18,19)20/h4-9,11H,10H2,1-3H3,(H,21,22,23). The predicted molar refractivity (Wildman–Crippen MR) is 88.0 cm³/mol. The van der Waals surface area contributed by atoms with Crippen LogP contribution in [0.4, 0.5) is 19.1 Å². The molecule has 1 N–H and O–H groups in total. The highest BCUT2D eigenvalue weighted by molar-refractivity contribution is 5.94. The van der Waals surface area contributed by atoms with Crippen molar-refractivity contribution < 1.29 is 18.0 Å². The molecule has 1 heterocycles. The predicted octanol–water partition coefficient (Wildman–Crippen LogP) is 3.59. The van der Waals surface area contributed by atoms with E-state index in [1.807, 2.05) is 13.8 Å². The lowest BCUT2D eigenvalue weighted by Gasteiger charge is -2.21. The van der Waals surface area contributed by atoms with Crippen molar-refractivity contribution in [3.05, 3.63) is 53.3 Å². The van der Waals surface area contributed by atoms with E-state index in [4.69, 9.17) is 0 Å². The number of amides is 1. The molecule has 25 heavy (non-hydrogen) atoms. The molecule has 0 aliphatic rings. The Kier molecular flexibility index (Phi) is 5.61. The third-order valence-corrected chi connectivity index (χ3v) is 3.69. The minimum absolute atomic E-state index is 0.0873. The van der Waals surface area contributed by atoms with E-state index < -0.39 is 11.9 Å². The van der Waals surface area contributed by atoms with E-state index in [0.717, 1.165) is 17.8 Å². The molecule has 0 unspecified atom stereocenters. The molecule has 8 heteroatoms. The van der Waals surface area contributed by atoms with Crippen LogP contribution >= 0.6 is 0 Å². The number of rotatable bonds is 5. The number of alkyl halides is 3. The van der Waals surface area contributed by atoms with Crippen LogP contribution in [0.5, 0.6) is 0 Å². The smallest absolute Gasteiger partial charge is 0.350 e. The van der Waals surface area contributed by atoms with Crippen molar-refractivity contribution in [3.63, 3.8) is 0 Å². The van der Waals surface area contributed by atoms with Gasteiger partial charge in [0, 0.05) is 31.4 Å². The van der Waals surface area contributed by atoms with Crippen LogP contribution in [0, 0.1) is 0 Å². The SMILES string of the molecule is CC(C)N(C)C(=O)c1ccc(CNc2nccc(C(F)(F)F)n2)cc1. The van der Waals surface area contributed by atoms with E-state index in [1.54, 1.807) is 36.2 Å². The normalized spacial score (nSPS) is 11.5. The molecule has 2 aromatic rings. The van der Waals surface area contributed by atoms with Crippen molar-refractivity contribution >= 4 is 11.9 Å². The van der Waals surface area contributed by atoms with Crippen molar-refractivity contribution in [2.45, 2.75) is 32.6 Å². The van der Waals surface area contributed by atoms with Crippen LogP contribution in [0.3, 0.4) is 0 Å². The number of aromatic nitrogens is 2. The topological polar surface area (TPSA) is 58.1 Å². The van der Waals surface area contributed by atoms with Gasteiger partial charge in [0.1, 0.15) is 5.69 Å². The minimum Gasteiger partial charge on any atom is -0.350 e. The van der Waals surface area contributed by atoms with Gasteiger partial charge in [-0.1, -0.05) is 12.1 Å². The maximum absolute atomic E-state index is 12.6. The number of benzene rings is 1. The first-order valence-electron chi connectivity index (χ1n) is 7.68. The van der Waals surface area contributed by atoms with Gasteiger partial charge >= 0.3 is 6.18 Å². The average Bonchev–Trinajstić information content (AvgIpc) is 2.58. The van der Waals surface area contributed by atoms with Crippen molar-refractivity contribution in [1.82, 2.24) is 14.9 Å². The molecule has 0 radical (unpaired) electrons. The van der Waals surface area contributed by atoms with E-state index in [9.17, 15) is 18.0 Å². The molecule has 5 nitrogen and oxygen atoms in total. The van der Waals surface area contributed by atoms with Gasteiger partial charge in [0.05, 0.1) is 0 Å². The number of halogens is 3. The third kappa shape index (κ3) is 4.91. The number of nitrogens with zero attached hydrogens (tertiary/aromatic N) is 3. The molecule has 134 valence electrons. The third-order valence-electron chi connectivity index (χ3n) is 3.69. The Labute approximate surface area is 143 Å². The second-order valence-corrected chi connectivity index (χ2v) is 5.82. The summed E-state index contributed by atoms with van der Waals surface area (Å²) in [4.78, 5) is 21.0. The van der Waals surface area contributed by atoms with E-state index in [-0.39, 0.29) is 24.4 Å². The summed E-state index contributed by atoms with van der Waals surface area (Å²) in [6.07, 6.45) is -3.45. The Morgan fingerprint density at radius 1 is 1.20 bits per heavy atom. The van der Waals surface area contributed by atoms with Gasteiger partial charge in [0.15, 0.2) is 0 Å². The van der Waals surface area contributed by atoms with Gasteiger partial charge in [-0.25, -0.2) is 9.97 Å². The van der Waals surface area contributed by atoms with Gasteiger partial charge in [-0.2, -0.15) is 13.2 Å². The largest absolute Gasteiger partial charge is 0.433 e. The number of nitrogens with one attached hydrogen (secondary N) is 1.